The average molecular weight is 508 g/mol. The highest BCUT2D eigenvalue weighted by Crippen LogP contribution is 2.30. The van der Waals surface area contributed by atoms with Crippen LogP contribution in [0.2, 0.25) is 0 Å². The number of nitrogens with one attached hydrogen (secondary N) is 1. The number of amides is 1. The SMILES string of the molecule is Cc1noc(-c2ccc(O[C@H]3CCC[C@H](C(=O)OC(C)C)C3)cn2)c1CNC(=O)OCc1ccccc1. The molecule has 1 N–H and O–H groups in total. The van der Waals surface area contributed by atoms with E-state index < -0.39 is 6.09 Å². The number of aromatic nitrogens is 2. The molecule has 1 aliphatic rings. The van der Waals surface area contributed by atoms with Crippen LogP contribution < -0.4 is 10.1 Å². The van der Waals surface area contributed by atoms with Crippen molar-refractivity contribution in [3.8, 4) is 17.2 Å². The Morgan fingerprint density at radius 2 is 1.95 bits per heavy atom. The lowest BCUT2D eigenvalue weighted by Gasteiger charge is -2.28. The molecule has 2 atom stereocenters. The zero-order valence-electron chi connectivity index (χ0n) is 21.4. The summed E-state index contributed by atoms with van der Waals surface area (Å²) in [5.74, 6) is 0.802. The van der Waals surface area contributed by atoms with Gasteiger partial charge in [0.05, 0.1) is 36.6 Å². The van der Waals surface area contributed by atoms with Crippen molar-refractivity contribution in [2.45, 2.75) is 71.8 Å². The minimum atomic E-state index is -0.532. The van der Waals surface area contributed by atoms with Gasteiger partial charge in [0.25, 0.3) is 0 Å². The van der Waals surface area contributed by atoms with Crippen LogP contribution in [0, 0.1) is 12.8 Å². The molecule has 0 saturated heterocycles. The number of rotatable bonds is 9. The van der Waals surface area contributed by atoms with Crippen molar-refractivity contribution in [3.63, 3.8) is 0 Å². The summed E-state index contributed by atoms with van der Waals surface area (Å²) in [6, 6.07) is 13.1. The van der Waals surface area contributed by atoms with Crippen molar-refractivity contribution < 1.29 is 28.3 Å². The van der Waals surface area contributed by atoms with Gasteiger partial charge in [0.2, 0.25) is 0 Å². The molecule has 196 valence electrons. The predicted octanol–water partition coefficient (Wildman–Crippen LogP) is 5.36. The standard InChI is InChI=1S/C28H33N3O6/c1-18(2)35-27(32)21-10-7-11-22(14-21)36-23-12-13-25(29-15-23)26-24(19(3)31-37-26)16-30-28(33)34-17-20-8-5-4-6-9-20/h4-6,8-9,12-13,15,18,21-22H,7,10-11,14,16-17H2,1-3H3,(H,30,33)/t21-,22-/m0/s1. The molecule has 4 rings (SSSR count). The number of hydrogen-bond acceptors (Lipinski definition) is 8. The van der Waals surface area contributed by atoms with E-state index in [0.29, 0.717) is 29.3 Å². The molecule has 2 heterocycles. The third-order valence-corrected chi connectivity index (χ3v) is 6.19. The fraction of sp³-hybridized carbons (Fsp3) is 0.429. The van der Waals surface area contributed by atoms with E-state index >= 15 is 0 Å². The number of ether oxygens (including phenoxy) is 3. The lowest BCUT2D eigenvalue weighted by Crippen LogP contribution is -2.31. The highest BCUT2D eigenvalue weighted by molar-refractivity contribution is 5.72. The number of carbonyl (C=O) groups excluding carboxylic acids is 2. The van der Waals surface area contributed by atoms with Gasteiger partial charge in [-0.3, -0.25) is 4.79 Å². The molecule has 0 spiro atoms. The number of hydrogen-bond donors (Lipinski definition) is 1. The van der Waals surface area contributed by atoms with Crippen molar-refractivity contribution >= 4 is 12.1 Å². The highest BCUT2D eigenvalue weighted by atomic mass is 16.6. The van der Waals surface area contributed by atoms with E-state index in [-0.39, 0.29) is 37.2 Å². The van der Waals surface area contributed by atoms with Crippen LogP contribution in [0.1, 0.15) is 56.4 Å². The normalized spacial score (nSPS) is 17.3. The summed E-state index contributed by atoms with van der Waals surface area (Å²) in [6.45, 7) is 5.90. The lowest BCUT2D eigenvalue weighted by atomic mass is 9.87. The van der Waals surface area contributed by atoms with Gasteiger partial charge in [-0.25, -0.2) is 9.78 Å². The Bertz CT molecular complexity index is 1180. The zero-order valence-corrected chi connectivity index (χ0v) is 21.4. The summed E-state index contributed by atoms with van der Waals surface area (Å²) in [7, 11) is 0. The minimum absolute atomic E-state index is 0.0692. The molecule has 0 aliphatic heterocycles. The van der Waals surface area contributed by atoms with Gasteiger partial charge in [-0.15, -0.1) is 0 Å². The molecule has 1 saturated carbocycles. The highest BCUT2D eigenvalue weighted by Gasteiger charge is 2.30. The maximum absolute atomic E-state index is 12.3. The average Bonchev–Trinajstić information content (AvgIpc) is 3.27. The van der Waals surface area contributed by atoms with E-state index in [1.807, 2.05) is 50.2 Å². The maximum Gasteiger partial charge on any atom is 0.407 e. The Morgan fingerprint density at radius 1 is 1.14 bits per heavy atom. The van der Waals surface area contributed by atoms with Crippen LogP contribution in [-0.2, 0) is 27.4 Å². The lowest BCUT2D eigenvalue weighted by molar-refractivity contribution is -0.154. The first-order valence-electron chi connectivity index (χ1n) is 12.6. The number of alkyl carbamates (subject to hydrolysis) is 1. The predicted molar refractivity (Wildman–Crippen MR) is 136 cm³/mol. The van der Waals surface area contributed by atoms with Crippen LogP contribution in [0.25, 0.3) is 11.5 Å². The summed E-state index contributed by atoms with van der Waals surface area (Å²) >= 11 is 0. The molecule has 0 radical (unpaired) electrons. The number of esters is 1. The third-order valence-electron chi connectivity index (χ3n) is 6.19. The first kappa shape index (κ1) is 26.2. The van der Waals surface area contributed by atoms with Crippen LogP contribution in [0.5, 0.6) is 5.75 Å². The molecule has 37 heavy (non-hydrogen) atoms. The van der Waals surface area contributed by atoms with E-state index in [1.165, 1.54) is 0 Å². The fourth-order valence-electron chi connectivity index (χ4n) is 4.30. The maximum atomic E-state index is 12.3. The fourth-order valence-corrected chi connectivity index (χ4v) is 4.30. The summed E-state index contributed by atoms with van der Waals surface area (Å²) in [6.07, 6.45) is 4.16. The van der Waals surface area contributed by atoms with E-state index in [2.05, 4.69) is 15.5 Å². The van der Waals surface area contributed by atoms with Gasteiger partial charge in [0, 0.05) is 5.56 Å². The van der Waals surface area contributed by atoms with Gasteiger partial charge in [0.1, 0.15) is 18.1 Å². The molecule has 9 heteroatoms. The van der Waals surface area contributed by atoms with Crippen LogP contribution >= 0.6 is 0 Å². The van der Waals surface area contributed by atoms with Gasteiger partial charge in [-0.1, -0.05) is 35.5 Å². The number of benzene rings is 1. The number of carbonyl (C=O) groups is 2. The van der Waals surface area contributed by atoms with E-state index in [1.54, 1.807) is 19.2 Å². The Labute approximate surface area is 216 Å². The molecular formula is C28H33N3O6. The molecule has 1 fully saturated rings. The van der Waals surface area contributed by atoms with E-state index in [9.17, 15) is 9.59 Å². The second-order valence-corrected chi connectivity index (χ2v) is 9.46. The Morgan fingerprint density at radius 3 is 2.68 bits per heavy atom. The number of aryl methyl sites for hydroxylation is 1. The molecule has 0 bridgehead atoms. The van der Waals surface area contributed by atoms with Crippen molar-refractivity contribution in [1.29, 1.82) is 0 Å². The first-order valence-corrected chi connectivity index (χ1v) is 12.6. The van der Waals surface area contributed by atoms with Crippen molar-refractivity contribution in [1.82, 2.24) is 15.5 Å². The van der Waals surface area contributed by atoms with Gasteiger partial charge in [-0.2, -0.15) is 0 Å². The van der Waals surface area contributed by atoms with Crippen LogP contribution in [-0.4, -0.2) is 34.4 Å². The van der Waals surface area contributed by atoms with Crippen LogP contribution in [0.4, 0.5) is 4.79 Å². The van der Waals surface area contributed by atoms with E-state index in [0.717, 1.165) is 30.4 Å². The Hall–Kier alpha value is -3.88. The van der Waals surface area contributed by atoms with Gasteiger partial charge < -0.3 is 24.1 Å². The molecule has 1 aliphatic carbocycles. The van der Waals surface area contributed by atoms with Crippen LogP contribution in [0.3, 0.4) is 0 Å². The zero-order chi connectivity index (χ0) is 26.2. The molecule has 3 aromatic rings. The van der Waals surface area contributed by atoms with Gasteiger partial charge in [0.15, 0.2) is 5.76 Å². The number of pyridine rings is 1. The second kappa shape index (κ2) is 12.4. The van der Waals surface area contributed by atoms with Crippen molar-refractivity contribution in [2.24, 2.45) is 5.92 Å². The summed E-state index contributed by atoms with van der Waals surface area (Å²) in [5.41, 5.74) is 2.85. The molecule has 9 nitrogen and oxygen atoms in total. The molecule has 2 aromatic heterocycles. The molecule has 1 aromatic carbocycles. The monoisotopic (exact) mass is 507 g/mol. The quantitative estimate of drug-likeness (QED) is 0.385. The smallest absolute Gasteiger partial charge is 0.407 e. The largest absolute Gasteiger partial charge is 0.489 e. The summed E-state index contributed by atoms with van der Waals surface area (Å²) in [4.78, 5) is 29.0. The molecule has 0 unspecified atom stereocenters. The molecule has 1 amide bonds. The Kier molecular flexibility index (Phi) is 8.77. The number of nitrogens with zero attached hydrogens (tertiary/aromatic N) is 2. The summed E-state index contributed by atoms with van der Waals surface area (Å²) < 4.78 is 22.3. The second-order valence-electron chi connectivity index (χ2n) is 9.46. The van der Waals surface area contributed by atoms with Gasteiger partial charge >= 0.3 is 12.1 Å². The summed E-state index contributed by atoms with van der Waals surface area (Å²) in [5, 5.41) is 6.79. The minimum Gasteiger partial charge on any atom is -0.489 e. The third kappa shape index (κ3) is 7.31. The van der Waals surface area contributed by atoms with Crippen LogP contribution in [0.15, 0.2) is 53.2 Å². The molecular weight excluding hydrogens is 474 g/mol. The van der Waals surface area contributed by atoms with E-state index in [4.69, 9.17) is 18.7 Å². The van der Waals surface area contributed by atoms with Crippen molar-refractivity contribution in [3.05, 3.63) is 65.5 Å². The van der Waals surface area contributed by atoms with Gasteiger partial charge in [-0.05, 0) is 64.2 Å². The van der Waals surface area contributed by atoms with Crippen molar-refractivity contribution in [2.75, 3.05) is 0 Å². The Balaban J connectivity index is 1.32. The topological polar surface area (TPSA) is 113 Å². The first-order chi connectivity index (χ1) is 17.9.